The van der Waals surface area contributed by atoms with Gasteiger partial charge in [-0.2, -0.15) is 0 Å². The fourth-order valence-electron chi connectivity index (χ4n) is 2.34. The molecule has 2 atom stereocenters. The number of rotatable bonds is 5. The van der Waals surface area contributed by atoms with Gasteiger partial charge in [-0.15, -0.1) is 0 Å². The predicted molar refractivity (Wildman–Crippen MR) is 79.0 cm³/mol. The lowest BCUT2D eigenvalue weighted by Crippen LogP contribution is -2.47. The molecule has 1 aliphatic heterocycles. The van der Waals surface area contributed by atoms with Gasteiger partial charge in [-0.3, -0.25) is 4.90 Å². The van der Waals surface area contributed by atoms with Gasteiger partial charge in [-0.1, -0.05) is 12.1 Å². The Morgan fingerprint density at radius 1 is 1.30 bits per heavy atom. The Labute approximate surface area is 121 Å². The van der Waals surface area contributed by atoms with E-state index in [1.165, 1.54) is 0 Å². The quantitative estimate of drug-likeness (QED) is 0.897. The van der Waals surface area contributed by atoms with Crippen LogP contribution in [0.3, 0.4) is 0 Å². The van der Waals surface area contributed by atoms with E-state index in [0.717, 1.165) is 31.0 Å². The average molecular weight is 279 g/mol. The van der Waals surface area contributed by atoms with Crippen molar-refractivity contribution in [2.45, 2.75) is 39.0 Å². The van der Waals surface area contributed by atoms with Crippen LogP contribution < -0.4 is 4.74 Å². The molecule has 1 aromatic carbocycles. The number of nitrogens with zero attached hydrogens (tertiary/aromatic N) is 1. The highest BCUT2D eigenvalue weighted by atomic mass is 16.5. The highest BCUT2D eigenvalue weighted by molar-refractivity contribution is 5.28. The molecule has 1 aliphatic rings. The van der Waals surface area contributed by atoms with Gasteiger partial charge in [-0.25, -0.2) is 0 Å². The predicted octanol–water partition coefficient (Wildman–Crippen LogP) is 2.23. The first-order valence-electron chi connectivity index (χ1n) is 7.32. The second-order valence-electron chi connectivity index (χ2n) is 5.64. The van der Waals surface area contributed by atoms with Crippen molar-refractivity contribution >= 4 is 0 Å². The van der Waals surface area contributed by atoms with Crippen molar-refractivity contribution in [3.05, 3.63) is 29.8 Å². The van der Waals surface area contributed by atoms with Crippen LogP contribution in [-0.4, -0.2) is 48.5 Å². The van der Waals surface area contributed by atoms with Gasteiger partial charge in [0, 0.05) is 19.1 Å². The SMILES string of the molecule is CC(O)c1ccc(OCC2CN(C(C)C)CCO2)cc1. The van der Waals surface area contributed by atoms with Gasteiger partial charge < -0.3 is 14.6 Å². The fraction of sp³-hybridized carbons (Fsp3) is 0.625. The molecule has 4 heteroatoms. The van der Waals surface area contributed by atoms with Crippen molar-refractivity contribution in [1.82, 2.24) is 4.90 Å². The maximum absolute atomic E-state index is 9.46. The van der Waals surface area contributed by atoms with Crippen LogP contribution in [0.5, 0.6) is 5.75 Å². The second kappa shape index (κ2) is 7.07. The Balaban J connectivity index is 1.82. The third-order valence-electron chi connectivity index (χ3n) is 3.70. The molecule has 0 spiro atoms. The summed E-state index contributed by atoms with van der Waals surface area (Å²) in [7, 11) is 0. The van der Waals surface area contributed by atoms with Gasteiger partial charge in [0.1, 0.15) is 18.5 Å². The zero-order valence-corrected chi connectivity index (χ0v) is 12.6. The summed E-state index contributed by atoms with van der Waals surface area (Å²) in [4.78, 5) is 2.41. The van der Waals surface area contributed by atoms with Gasteiger partial charge in [0.15, 0.2) is 0 Å². The number of ether oxygens (including phenoxy) is 2. The summed E-state index contributed by atoms with van der Waals surface area (Å²) in [5.41, 5.74) is 0.900. The summed E-state index contributed by atoms with van der Waals surface area (Å²) in [5.74, 6) is 0.819. The summed E-state index contributed by atoms with van der Waals surface area (Å²) in [6.45, 7) is 9.42. The van der Waals surface area contributed by atoms with E-state index in [1.54, 1.807) is 6.92 Å². The summed E-state index contributed by atoms with van der Waals surface area (Å²) in [5, 5.41) is 9.46. The Kier molecular flexibility index (Phi) is 5.40. The summed E-state index contributed by atoms with van der Waals surface area (Å²) in [6, 6.07) is 8.12. The molecule has 1 fully saturated rings. The normalized spacial score (nSPS) is 21.9. The standard InChI is InChI=1S/C16H25NO3/c1-12(2)17-8-9-19-16(10-17)11-20-15-6-4-14(5-7-15)13(3)18/h4-7,12-13,16,18H,8-11H2,1-3H3. The van der Waals surface area contributed by atoms with Crippen LogP contribution in [-0.2, 0) is 4.74 Å². The summed E-state index contributed by atoms with van der Waals surface area (Å²) < 4.78 is 11.5. The van der Waals surface area contributed by atoms with Crippen molar-refractivity contribution in [3.8, 4) is 5.75 Å². The topological polar surface area (TPSA) is 41.9 Å². The van der Waals surface area contributed by atoms with Gasteiger partial charge in [0.2, 0.25) is 0 Å². The van der Waals surface area contributed by atoms with E-state index in [-0.39, 0.29) is 6.10 Å². The van der Waals surface area contributed by atoms with E-state index in [9.17, 15) is 5.11 Å². The minimum atomic E-state index is -0.440. The van der Waals surface area contributed by atoms with E-state index < -0.39 is 6.10 Å². The molecule has 0 saturated carbocycles. The maximum Gasteiger partial charge on any atom is 0.119 e. The van der Waals surface area contributed by atoms with Gasteiger partial charge in [-0.05, 0) is 38.5 Å². The Morgan fingerprint density at radius 3 is 2.60 bits per heavy atom. The second-order valence-corrected chi connectivity index (χ2v) is 5.64. The zero-order chi connectivity index (χ0) is 14.5. The zero-order valence-electron chi connectivity index (χ0n) is 12.6. The van der Waals surface area contributed by atoms with Crippen molar-refractivity contribution in [3.63, 3.8) is 0 Å². The van der Waals surface area contributed by atoms with Gasteiger partial charge in [0.25, 0.3) is 0 Å². The monoisotopic (exact) mass is 279 g/mol. The molecule has 20 heavy (non-hydrogen) atoms. The lowest BCUT2D eigenvalue weighted by molar-refractivity contribution is -0.0564. The van der Waals surface area contributed by atoms with Crippen LogP contribution >= 0.6 is 0 Å². The van der Waals surface area contributed by atoms with E-state index in [1.807, 2.05) is 24.3 Å². The Bertz CT molecular complexity index is 403. The largest absolute Gasteiger partial charge is 0.491 e. The molecule has 0 aliphatic carbocycles. The first-order valence-corrected chi connectivity index (χ1v) is 7.32. The van der Waals surface area contributed by atoms with Crippen molar-refractivity contribution in [2.24, 2.45) is 0 Å². The van der Waals surface area contributed by atoms with Crippen molar-refractivity contribution in [1.29, 1.82) is 0 Å². The molecule has 112 valence electrons. The summed E-state index contributed by atoms with van der Waals surface area (Å²) in [6.07, 6.45) is -0.312. The highest BCUT2D eigenvalue weighted by Crippen LogP contribution is 2.18. The third-order valence-corrected chi connectivity index (χ3v) is 3.70. The molecule has 0 amide bonds. The number of aliphatic hydroxyl groups excluding tert-OH is 1. The van der Waals surface area contributed by atoms with E-state index in [2.05, 4.69) is 18.7 Å². The minimum absolute atomic E-state index is 0.127. The molecule has 1 saturated heterocycles. The molecular weight excluding hydrogens is 254 g/mol. The minimum Gasteiger partial charge on any atom is -0.491 e. The first kappa shape index (κ1) is 15.3. The number of aliphatic hydroxyl groups is 1. The molecule has 1 heterocycles. The van der Waals surface area contributed by atoms with E-state index in [0.29, 0.717) is 12.6 Å². The van der Waals surface area contributed by atoms with E-state index in [4.69, 9.17) is 9.47 Å². The molecule has 0 aromatic heterocycles. The molecule has 2 rings (SSSR count). The Morgan fingerprint density at radius 2 is 2.00 bits per heavy atom. The summed E-state index contributed by atoms with van der Waals surface area (Å²) >= 11 is 0. The van der Waals surface area contributed by atoms with Gasteiger partial charge >= 0.3 is 0 Å². The van der Waals surface area contributed by atoms with E-state index >= 15 is 0 Å². The van der Waals surface area contributed by atoms with Crippen molar-refractivity contribution < 1.29 is 14.6 Å². The van der Waals surface area contributed by atoms with Crippen LogP contribution in [0.4, 0.5) is 0 Å². The van der Waals surface area contributed by atoms with Crippen molar-refractivity contribution in [2.75, 3.05) is 26.3 Å². The lowest BCUT2D eigenvalue weighted by atomic mass is 10.1. The van der Waals surface area contributed by atoms with Crippen LogP contribution in [0.2, 0.25) is 0 Å². The van der Waals surface area contributed by atoms with Crippen LogP contribution in [0.25, 0.3) is 0 Å². The molecule has 0 radical (unpaired) electrons. The third kappa shape index (κ3) is 4.20. The molecular formula is C16H25NO3. The molecule has 1 N–H and O–H groups in total. The fourth-order valence-corrected chi connectivity index (χ4v) is 2.34. The number of hydrogen-bond donors (Lipinski definition) is 1. The smallest absolute Gasteiger partial charge is 0.119 e. The average Bonchev–Trinajstić information content (AvgIpc) is 2.46. The molecule has 0 bridgehead atoms. The van der Waals surface area contributed by atoms with Gasteiger partial charge in [0.05, 0.1) is 12.7 Å². The number of benzene rings is 1. The lowest BCUT2D eigenvalue weighted by Gasteiger charge is -2.35. The molecule has 4 nitrogen and oxygen atoms in total. The molecule has 1 aromatic rings. The maximum atomic E-state index is 9.46. The molecule has 2 unspecified atom stereocenters. The van der Waals surface area contributed by atoms with Crippen LogP contribution in [0.15, 0.2) is 24.3 Å². The number of morpholine rings is 1. The van der Waals surface area contributed by atoms with Crippen LogP contribution in [0.1, 0.15) is 32.4 Å². The van der Waals surface area contributed by atoms with Crippen LogP contribution in [0, 0.1) is 0 Å². The Hall–Kier alpha value is -1.10. The number of hydrogen-bond acceptors (Lipinski definition) is 4. The highest BCUT2D eigenvalue weighted by Gasteiger charge is 2.22. The first-order chi connectivity index (χ1) is 9.56.